The van der Waals surface area contributed by atoms with Crippen molar-refractivity contribution in [1.29, 1.82) is 0 Å². The molecule has 0 bridgehead atoms. The van der Waals surface area contributed by atoms with Gasteiger partial charge < -0.3 is 9.84 Å². The number of hydrogen-bond donors (Lipinski definition) is 1. The van der Waals surface area contributed by atoms with Gasteiger partial charge in [0.1, 0.15) is 4.83 Å². The number of carbonyl (C=O) groups excluding carboxylic acids is 1. The van der Waals surface area contributed by atoms with E-state index in [-0.39, 0.29) is 0 Å². The summed E-state index contributed by atoms with van der Waals surface area (Å²) in [5.41, 5.74) is 0. The molecule has 0 rings (SSSR count). The van der Waals surface area contributed by atoms with Gasteiger partial charge in [0.15, 0.2) is 0 Å². The van der Waals surface area contributed by atoms with Crippen molar-refractivity contribution in [2.45, 2.75) is 10.9 Å². The summed E-state index contributed by atoms with van der Waals surface area (Å²) in [7, 11) is 1.28. The number of halogens is 2. The highest BCUT2D eigenvalue weighted by molar-refractivity contribution is 9.10. The number of carbonyl (C=O) groups is 1. The van der Waals surface area contributed by atoms with E-state index >= 15 is 0 Å². The molecular formula is C5H8Br2O3. The van der Waals surface area contributed by atoms with Crippen molar-refractivity contribution in [3.05, 3.63) is 0 Å². The van der Waals surface area contributed by atoms with Crippen LogP contribution in [0.3, 0.4) is 0 Å². The summed E-state index contributed by atoms with van der Waals surface area (Å²) in [5, 5.41) is 9.38. The predicted octanol–water partition coefficient (Wildman–Crippen LogP) is 0.679. The number of aliphatic hydroxyl groups is 1. The Bertz CT molecular complexity index is 117. The smallest absolute Gasteiger partial charge is 0.322 e. The lowest BCUT2D eigenvalue weighted by molar-refractivity contribution is -0.141. The molecule has 0 aromatic heterocycles. The maximum atomic E-state index is 10.7. The average Bonchev–Trinajstić information content (AvgIpc) is 2.00. The molecule has 0 spiro atoms. The van der Waals surface area contributed by atoms with E-state index in [0.29, 0.717) is 5.33 Å². The number of ether oxygens (including phenoxy) is 1. The van der Waals surface area contributed by atoms with E-state index < -0.39 is 16.9 Å². The molecule has 0 amide bonds. The summed E-state index contributed by atoms with van der Waals surface area (Å²) in [4.78, 5) is 10.0. The molecule has 5 heteroatoms. The second kappa shape index (κ2) is 5.09. The molecule has 0 aromatic carbocycles. The second-order valence-electron chi connectivity index (χ2n) is 1.65. The van der Waals surface area contributed by atoms with E-state index in [4.69, 9.17) is 5.11 Å². The van der Waals surface area contributed by atoms with E-state index in [9.17, 15) is 4.79 Å². The number of rotatable bonds is 3. The molecule has 10 heavy (non-hydrogen) atoms. The summed E-state index contributed by atoms with van der Waals surface area (Å²) >= 11 is 6.00. The minimum absolute atomic E-state index is 0.345. The van der Waals surface area contributed by atoms with E-state index in [2.05, 4.69) is 36.6 Å². The Morgan fingerprint density at radius 3 is 2.60 bits per heavy atom. The van der Waals surface area contributed by atoms with Crippen molar-refractivity contribution in [2.75, 3.05) is 12.4 Å². The van der Waals surface area contributed by atoms with Gasteiger partial charge in [-0.15, -0.1) is 0 Å². The molecule has 3 nitrogen and oxygen atoms in total. The van der Waals surface area contributed by atoms with Crippen LogP contribution in [-0.4, -0.2) is 34.4 Å². The fourth-order valence-electron chi connectivity index (χ4n) is 0.348. The quantitative estimate of drug-likeness (QED) is 0.609. The Labute approximate surface area is 76.0 Å². The van der Waals surface area contributed by atoms with Gasteiger partial charge in [-0.05, 0) is 0 Å². The minimum atomic E-state index is -0.743. The summed E-state index contributed by atoms with van der Waals surface area (Å²) in [5.74, 6) is -0.466. The lowest BCUT2D eigenvalue weighted by Gasteiger charge is -2.11. The van der Waals surface area contributed by atoms with Gasteiger partial charge in [0, 0.05) is 5.33 Å². The van der Waals surface area contributed by atoms with Gasteiger partial charge in [-0.3, -0.25) is 4.79 Å². The molecule has 60 valence electrons. The fraction of sp³-hybridized carbons (Fsp3) is 0.800. The third kappa shape index (κ3) is 2.98. The normalized spacial score (nSPS) is 16.0. The fourth-order valence-corrected chi connectivity index (χ4v) is 1.60. The van der Waals surface area contributed by atoms with Crippen molar-refractivity contribution in [3.8, 4) is 0 Å². The molecule has 1 N–H and O–H groups in total. The van der Waals surface area contributed by atoms with E-state index in [1.807, 2.05) is 0 Å². The summed E-state index contributed by atoms with van der Waals surface area (Å²) in [6, 6.07) is 0. The second-order valence-corrected chi connectivity index (χ2v) is 3.28. The SMILES string of the molecule is COC(=O)[C@@H](Br)[C@H](O)CBr. The number of alkyl halides is 2. The third-order valence-corrected chi connectivity index (χ3v) is 2.57. The van der Waals surface area contributed by atoms with Crippen molar-refractivity contribution < 1.29 is 14.6 Å². The van der Waals surface area contributed by atoms with Crippen LogP contribution in [0.4, 0.5) is 0 Å². The molecule has 0 unspecified atom stereocenters. The summed E-state index contributed by atoms with van der Waals surface area (Å²) < 4.78 is 4.37. The standard InChI is InChI=1S/C5H8Br2O3/c1-10-5(9)4(7)3(8)2-6/h3-4,8H,2H2,1H3/t3-,4+/m1/s1. The maximum Gasteiger partial charge on any atom is 0.322 e. The zero-order valence-corrected chi connectivity index (χ0v) is 8.55. The van der Waals surface area contributed by atoms with Crippen LogP contribution in [0.15, 0.2) is 0 Å². The molecule has 0 saturated carbocycles. The van der Waals surface area contributed by atoms with Crippen LogP contribution < -0.4 is 0 Å². The van der Waals surface area contributed by atoms with Gasteiger partial charge in [-0.2, -0.15) is 0 Å². The van der Waals surface area contributed by atoms with E-state index in [0.717, 1.165) is 0 Å². The Morgan fingerprint density at radius 1 is 1.80 bits per heavy atom. The summed E-state index contributed by atoms with van der Waals surface area (Å²) in [6.07, 6.45) is -0.743. The van der Waals surface area contributed by atoms with Gasteiger partial charge in [-0.1, -0.05) is 31.9 Å². The Balaban J connectivity index is 3.81. The molecule has 0 aromatic rings. The van der Waals surface area contributed by atoms with Gasteiger partial charge in [0.2, 0.25) is 0 Å². The van der Waals surface area contributed by atoms with Crippen LogP contribution in [0, 0.1) is 0 Å². The topological polar surface area (TPSA) is 46.5 Å². The number of methoxy groups -OCH3 is 1. The lowest BCUT2D eigenvalue weighted by atomic mass is 10.3. The molecule has 2 atom stereocenters. The molecule has 0 aliphatic rings. The number of aliphatic hydroxyl groups excluding tert-OH is 1. The van der Waals surface area contributed by atoms with Gasteiger partial charge in [-0.25, -0.2) is 0 Å². The zero-order chi connectivity index (χ0) is 8.15. The van der Waals surface area contributed by atoms with Crippen LogP contribution in [0.1, 0.15) is 0 Å². The van der Waals surface area contributed by atoms with E-state index in [1.54, 1.807) is 0 Å². The highest BCUT2D eigenvalue weighted by atomic mass is 79.9. The van der Waals surface area contributed by atoms with Gasteiger partial charge in [0.05, 0.1) is 13.2 Å². The monoisotopic (exact) mass is 274 g/mol. The molecule has 0 radical (unpaired) electrons. The number of esters is 1. The van der Waals surface area contributed by atoms with Crippen molar-refractivity contribution in [1.82, 2.24) is 0 Å². The van der Waals surface area contributed by atoms with Gasteiger partial charge in [0.25, 0.3) is 0 Å². The minimum Gasteiger partial charge on any atom is -0.468 e. The molecule has 0 aliphatic heterocycles. The molecular weight excluding hydrogens is 268 g/mol. The first-order chi connectivity index (χ1) is 4.63. The Hall–Kier alpha value is 0.390. The first-order valence-electron chi connectivity index (χ1n) is 2.59. The first-order valence-corrected chi connectivity index (χ1v) is 4.63. The Kier molecular flexibility index (Phi) is 5.29. The van der Waals surface area contributed by atoms with Crippen molar-refractivity contribution in [3.63, 3.8) is 0 Å². The average molecular weight is 276 g/mol. The van der Waals surface area contributed by atoms with Crippen LogP contribution in [-0.2, 0) is 9.53 Å². The highest BCUT2D eigenvalue weighted by Gasteiger charge is 2.23. The van der Waals surface area contributed by atoms with Crippen LogP contribution in [0.2, 0.25) is 0 Å². The molecule has 0 fully saturated rings. The molecule has 0 heterocycles. The summed E-state index contributed by atoms with van der Waals surface area (Å²) in [6.45, 7) is 0. The first kappa shape index (κ1) is 10.4. The van der Waals surface area contributed by atoms with Crippen molar-refractivity contribution >= 4 is 37.8 Å². The lowest BCUT2D eigenvalue weighted by Crippen LogP contribution is -2.30. The third-order valence-electron chi connectivity index (χ3n) is 0.922. The largest absolute Gasteiger partial charge is 0.468 e. The molecule has 0 saturated heterocycles. The van der Waals surface area contributed by atoms with Crippen LogP contribution in [0.25, 0.3) is 0 Å². The Morgan fingerprint density at radius 2 is 2.30 bits per heavy atom. The van der Waals surface area contributed by atoms with Crippen LogP contribution in [0.5, 0.6) is 0 Å². The number of hydrogen-bond acceptors (Lipinski definition) is 3. The predicted molar refractivity (Wildman–Crippen MR) is 44.5 cm³/mol. The van der Waals surface area contributed by atoms with Gasteiger partial charge >= 0.3 is 5.97 Å². The highest BCUT2D eigenvalue weighted by Crippen LogP contribution is 2.09. The van der Waals surface area contributed by atoms with E-state index in [1.165, 1.54) is 7.11 Å². The van der Waals surface area contributed by atoms with Crippen molar-refractivity contribution in [2.24, 2.45) is 0 Å². The molecule has 0 aliphatic carbocycles. The zero-order valence-electron chi connectivity index (χ0n) is 5.38. The van der Waals surface area contributed by atoms with Crippen LogP contribution >= 0.6 is 31.9 Å². The maximum absolute atomic E-state index is 10.7.